The first-order chi connectivity index (χ1) is 38.8. The Labute approximate surface area is 512 Å². The zero-order chi connectivity index (χ0) is 66.2. The Morgan fingerprint density at radius 3 is 0.941 bits per heavy atom. The number of ketones is 7. The fourth-order valence-corrected chi connectivity index (χ4v) is 13.0. The molecule has 85 heavy (non-hydrogen) atoms. The summed E-state index contributed by atoms with van der Waals surface area (Å²) in [5.41, 5.74) is 15.1. The molecule has 0 aliphatic heterocycles. The summed E-state index contributed by atoms with van der Waals surface area (Å²) >= 11 is 0. The molecule has 7 rings (SSSR count). The van der Waals surface area contributed by atoms with Gasteiger partial charge in [-0.15, -0.1) is 0 Å². The maximum atomic E-state index is 11.7. The number of rotatable bonds is 14. The first-order valence-electron chi connectivity index (χ1n) is 32.7. The second-order valence-corrected chi connectivity index (χ2v) is 29.3. The predicted molar refractivity (Wildman–Crippen MR) is 335 cm³/mol. The van der Waals surface area contributed by atoms with Crippen molar-refractivity contribution in [3.05, 3.63) is 0 Å². The van der Waals surface area contributed by atoms with Crippen molar-refractivity contribution >= 4 is 40.5 Å². The van der Waals surface area contributed by atoms with Crippen LogP contribution in [0.2, 0.25) is 0 Å². The van der Waals surface area contributed by atoms with Gasteiger partial charge in [-0.05, 0) is 153 Å². The smallest absolute Gasteiger partial charge is 0.168 e. The molecule has 0 heterocycles. The molecule has 0 amide bonds. The molecule has 496 valence electrons. The largest absolute Gasteiger partial charge is 0.382 e. The molecule has 15 N–H and O–H groups in total. The molecule has 10 atom stereocenters. The van der Waals surface area contributed by atoms with Gasteiger partial charge in [0.05, 0.1) is 0 Å². The Hall–Kier alpha value is -2.75. The van der Waals surface area contributed by atoms with Crippen LogP contribution < -0.4 is 22.9 Å². The van der Waals surface area contributed by atoms with Crippen LogP contribution in [0.5, 0.6) is 0 Å². The molecule has 18 nitrogen and oxygen atoms in total. The van der Waals surface area contributed by atoms with E-state index in [1.54, 1.807) is 13.8 Å². The van der Waals surface area contributed by atoms with E-state index in [0.717, 1.165) is 70.6 Å². The van der Waals surface area contributed by atoms with Crippen LogP contribution >= 0.6 is 0 Å². The van der Waals surface area contributed by atoms with Crippen LogP contribution in [-0.4, -0.2) is 140 Å². The van der Waals surface area contributed by atoms with E-state index in [0.29, 0.717) is 76.5 Å². The lowest BCUT2D eigenvalue weighted by molar-refractivity contribution is -0.159. The standard InChI is InChI=1S/C11H20O2.2C10H19NO2.C10H18O2.C9H17NO2.C9H16O2.C8H15NO2/c1-8(2)10(12)11(13)6-4-9(3)5-7-11;1-7(2)9(12)10(13)5-3-4-8(11)6-10;1-7(2)9(12)10(13)6-4-3-5-8(10)11;1-7(2)9(11)10(12)6-4-5-8(10)3;1-6(2)8(11)9(12)4-3-7(10)5-9;1-6(2)8(10)9(11)5-4-7(9)3;1-5(2)7(10)8(11)3-6(9)4-8/h8-9,13H,4-7H2,1-3H3;2*7-8,13H,3-6,11H2,1-2H3;7-8,12H,4-6H2,1-3H3;6-7,12H,3-5,10H2,1-2H3;6-7,11H,4-5H2,1-3H3;5-6,11H,3-4,9H2,1-2H3. The van der Waals surface area contributed by atoms with Gasteiger partial charge in [-0.1, -0.05) is 124 Å². The minimum Gasteiger partial charge on any atom is -0.382 e. The van der Waals surface area contributed by atoms with E-state index in [4.69, 9.17) is 22.9 Å². The molecule has 7 aliphatic carbocycles. The molecule has 0 aromatic heterocycles. The van der Waals surface area contributed by atoms with Crippen LogP contribution in [0.25, 0.3) is 0 Å². The summed E-state index contributed by atoms with van der Waals surface area (Å²) in [7, 11) is 0. The molecule has 0 saturated heterocycles. The lowest BCUT2D eigenvalue weighted by Crippen LogP contribution is -2.57. The van der Waals surface area contributed by atoms with Gasteiger partial charge in [0, 0.05) is 65.6 Å². The van der Waals surface area contributed by atoms with Crippen molar-refractivity contribution in [1.29, 1.82) is 0 Å². The topological polar surface area (TPSA) is 365 Å². The summed E-state index contributed by atoms with van der Waals surface area (Å²) in [6, 6.07) is -0.363. The normalized spacial score (nSPS) is 35.8. The Morgan fingerprint density at radius 1 is 0.306 bits per heavy atom. The molecule has 7 saturated carbocycles. The van der Waals surface area contributed by atoms with Crippen molar-refractivity contribution in [3.63, 3.8) is 0 Å². The second-order valence-electron chi connectivity index (χ2n) is 29.3. The monoisotopic (exact) mass is 1210 g/mol. The van der Waals surface area contributed by atoms with Gasteiger partial charge in [-0.2, -0.15) is 0 Å². The third-order valence-corrected chi connectivity index (χ3v) is 19.1. The molecule has 0 aromatic rings. The quantitative estimate of drug-likeness (QED) is 0.0802. The third kappa shape index (κ3) is 22.3. The van der Waals surface area contributed by atoms with E-state index in [1.165, 1.54) is 0 Å². The molecule has 10 unspecified atom stereocenters. The van der Waals surface area contributed by atoms with E-state index in [1.807, 2.05) is 96.9 Å². The minimum absolute atomic E-state index is 0.00213. The second kappa shape index (κ2) is 33.9. The molecular weight excluding hydrogens is 1080 g/mol. The Kier molecular flexibility index (Phi) is 32.0. The van der Waals surface area contributed by atoms with Gasteiger partial charge in [-0.25, -0.2) is 0 Å². The van der Waals surface area contributed by atoms with Crippen LogP contribution in [-0.2, 0) is 33.6 Å². The minimum atomic E-state index is -1.24. The van der Waals surface area contributed by atoms with Gasteiger partial charge in [0.15, 0.2) is 40.5 Å². The van der Waals surface area contributed by atoms with Crippen molar-refractivity contribution in [1.82, 2.24) is 0 Å². The summed E-state index contributed by atoms with van der Waals surface area (Å²) in [6.07, 6.45) is 16.2. The number of carbonyl (C=O) groups excluding carboxylic acids is 7. The molecule has 18 heteroatoms. The van der Waals surface area contributed by atoms with E-state index in [-0.39, 0.29) is 118 Å². The van der Waals surface area contributed by atoms with Crippen molar-refractivity contribution in [2.75, 3.05) is 0 Å². The highest BCUT2D eigenvalue weighted by Gasteiger charge is 2.50. The van der Waals surface area contributed by atoms with Gasteiger partial charge in [0.1, 0.15) is 39.2 Å². The summed E-state index contributed by atoms with van der Waals surface area (Å²) in [5.74, 6) is 0.208. The average molecular weight is 1210 g/mol. The summed E-state index contributed by atoms with van der Waals surface area (Å²) < 4.78 is 0. The average Bonchev–Trinajstić information content (AvgIpc) is 4.22. The van der Waals surface area contributed by atoms with Gasteiger partial charge in [-0.3, -0.25) is 33.6 Å². The van der Waals surface area contributed by atoms with Crippen LogP contribution in [0.15, 0.2) is 0 Å². The van der Waals surface area contributed by atoms with Crippen LogP contribution in [0.1, 0.15) is 259 Å². The highest BCUT2D eigenvalue weighted by Crippen LogP contribution is 2.41. The Bertz CT molecular complexity index is 2150. The van der Waals surface area contributed by atoms with Crippen molar-refractivity contribution < 1.29 is 69.3 Å². The van der Waals surface area contributed by atoms with Gasteiger partial charge < -0.3 is 58.7 Å². The molecule has 0 radical (unpaired) electrons. The zero-order valence-electron chi connectivity index (χ0n) is 55.9. The van der Waals surface area contributed by atoms with Crippen LogP contribution in [0.4, 0.5) is 0 Å². The lowest BCUT2D eigenvalue weighted by atomic mass is 9.66. The zero-order valence-corrected chi connectivity index (χ0v) is 55.9. The summed E-state index contributed by atoms with van der Waals surface area (Å²) in [4.78, 5) is 80.9. The highest BCUT2D eigenvalue weighted by molar-refractivity contribution is 5.92. The Morgan fingerprint density at radius 2 is 0.624 bits per heavy atom. The van der Waals surface area contributed by atoms with E-state index >= 15 is 0 Å². The molecule has 0 spiro atoms. The predicted octanol–water partition coefficient (Wildman–Crippen LogP) is 7.49. The van der Waals surface area contributed by atoms with Gasteiger partial charge >= 0.3 is 0 Å². The van der Waals surface area contributed by atoms with Gasteiger partial charge in [0.25, 0.3) is 0 Å². The van der Waals surface area contributed by atoms with Crippen LogP contribution in [0.3, 0.4) is 0 Å². The molecule has 0 aromatic carbocycles. The SMILES string of the molecule is CC(C)C(=O)C1(O)CC(N)C1.CC(C)C(=O)C1(O)CCC(N)C1.CC(C)C(=O)C1(O)CCC1C.CC(C)C(=O)C1(O)CCCC(N)C1.CC(C)C(=O)C1(O)CCCC1C.CC(C)C(=O)C1(O)CCCCC1N.CC1CCC(O)(C(=O)C(C)C)CC1. The number of carbonyl (C=O) groups is 7. The molecule has 7 fully saturated rings. The fraction of sp³-hybridized carbons (Fsp3) is 0.896. The van der Waals surface area contributed by atoms with Crippen molar-refractivity contribution in [2.45, 2.75) is 322 Å². The van der Waals surface area contributed by atoms with E-state index in [9.17, 15) is 69.3 Å². The first kappa shape index (κ1) is 80.3. The third-order valence-electron chi connectivity index (χ3n) is 19.1. The number of Topliss-reactive ketones (excluding diaryl/α,β-unsaturated/α-hetero) is 7. The summed E-state index contributed by atoms with van der Waals surface area (Å²) in [5, 5.41) is 69.5. The highest BCUT2D eigenvalue weighted by atomic mass is 16.3. The van der Waals surface area contributed by atoms with E-state index in [2.05, 4.69) is 6.92 Å². The van der Waals surface area contributed by atoms with Crippen molar-refractivity contribution in [3.8, 4) is 0 Å². The summed E-state index contributed by atoms with van der Waals surface area (Å²) in [6.45, 7) is 31.6. The number of hydrogen-bond acceptors (Lipinski definition) is 18. The number of hydrogen-bond donors (Lipinski definition) is 11. The van der Waals surface area contributed by atoms with Gasteiger partial charge in [0.2, 0.25) is 0 Å². The maximum absolute atomic E-state index is 11.7. The first-order valence-corrected chi connectivity index (χ1v) is 32.7. The van der Waals surface area contributed by atoms with Crippen LogP contribution in [0, 0.1) is 59.2 Å². The lowest BCUT2D eigenvalue weighted by Gasteiger charge is -2.43. The molecular formula is C67H124N4O14. The molecule has 7 aliphatic rings. The van der Waals surface area contributed by atoms with Crippen molar-refractivity contribution in [2.24, 2.45) is 82.1 Å². The Balaban J connectivity index is 0.000000496. The molecule has 0 bridgehead atoms. The fourth-order valence-electron chi connectivity index (χ4n) is 13.0. The maximum Gasteiger partial charge on any atom is 0.168 e. The number of aliphatic hydroxyl groups is 7. The number of nitrogens with two attached hydrogens (primary N) is 4. The van der Waals surface area contributed by atoms with E-state index < -0.39 is 39.2 Å².